The number of nitrogens with two attached hydrogens (primary N) is 1. The summed E-state index contributed by atoms with van der Waals surface area (Å²) in [6, 6.07) is 11.4. The Labute approximate surface area is 209 Å². The monoisotopic (exact) mass is 516 g/mol. The molecule has 34 heavy (non-hydrogen) atoms. The van der Waals surface area contributed by atoms with Gasteiger partial charge in [0.25, 0.3) is 0 Å². The quantitative estimate of drug-likeness (QED) is 0.272. The van der Waals surface area contributed by atoms with Crippen molar-refractivity contribution in [3.8, 4) is 0 Å². The molecule has 4 N–H and O–H groups in total. The lowest BCUT2D eigenvalue weighted by Gasteiger charge is -2.21. The molecule has 1 atom stereocenters. The second-order valence-corrected chi connectivity index (χ2v) is 8.09. The number of halogens is 5. The standard InChI is InChI=1S/C23H27F3N6.2ClH/c1-2-3-9-28-17-8-10-32(14-17)21-19-6-4-5-7-20(19)30-22(31-21)29-18-12-15(23(24,25)26)11-16(27)13-18;;/h4-7,11-13,17,28H,2-3,8-10,14,27H2,1H3,(H,29,30,31);2*1H/t17-;;/m0../s1. The maximum absolute atomic E-state index is 13.2. The second-order valence-electron chi connectivity index (χ2n) is 8.09. The van der Waals surface area contributed by atoms with Gasteiger partial charge in [0.2, 0.25) is 5.95 Å². The van der Waals surface area contributed by atoms with E-state index in [0.29, 0.717) is 6.04 Å². The van der Waals surface area contributed by atoms with Crippen molar-refractivity contribution >= 4 is 58.9 Å². The van der Waals surface area contributed by atoms with E-state index in [1.807, 2.05) is 24.3 Å². The van der Waals surface area contributed by atoms with Crippen molar-refractivity contribution in [1.29, 1.82) is 0 Å². The molecule has 3 aromatic rings. The molecule has 0 aliphatic carbocycles. The molecule has 11 heteroatoms. The zero-order valence-corrected chi connectivity index (χ0v) is 20.4. The number of anilines is 4. The van der Waals surface area contributed by atoms with Gasteiger partial charge in [0.05, 0.1) is 11.1 Å². The van der Waals surface area contributed by atoms with Gasteiger partial charge in [-0.05, 0) is 49.7 Å². The molecule has 0 spiro atoms. The van der Waals surface area contributed by atoms with Crippen LogP contribution in [0.2, 0.25) is 0 Å². The maximum Gasteiger partial charge on any atom is 0.416 e. The van der Waals surface area contributed by atoms with Gasteiger partial charge >= 0.3 is 6.18 Å². The average Bonchev–Trinajstić information content (AvgIpc) is 3.21. The lowest BCUT2D eigenvalue weighted by atomic mass is 10.1. The summed E-state index contributed by atoms with van der Waals surface area (Å²) in [7, 11) is 0. The molecule has 0 saturated carbocycles. The molecule has 1 saturated heterocycles. The summed E-state index contributed by atoms with van der Waals surface area (Å²) < 4.78 is 39.6. The normalized spacial score (nSPS) is 15.6. The maximum atomic E-state index is 13.2. The number of hydrogen-bond acceptors (Lipinski definition) is 6. The number of aromatic nitrogens is 2. The van der Waals surface area contributed by atoms with E-state index in [-0.39, 0.29) is 42.1 Å². The summed E-state index contributed by atoms with van der Waals surface area (Å²) in [5, 5.41) is 7.42. The molecule has 0 bridgehead atoms. The van der Waals surface area contributed by atoms with Crippen molar-refractivity contribution in [3.05, 3.63) is 48.0 Å². The van der Waals surface area contributed by atoms with E-state index < -0.39 is 11.7 Å². The highest BCUT2D eigenvalue weighted by molar-refractivity contribution is 5.91. The zero-order chi connectivity index (χ0) is 22.7. The minimum atomic E-state index is -4.49. The van der Waals surface area contributed by atoms with Gasteiger partial charge in [0.15, 0.2) is 0 Å². The molecular formula is C23H29Cl2F3N6. The highest BCUT2D eigenvalue weighted by Crippen LogP contribution is 2.34. The summed E-state index contributed by atoms with van der Waals surface area (Å²) in [6.07, 6.45) is -1.19. The van der Waals surface area contributed by atoms with Crippen LogP contribution in [0.5, 0.6) is 0 Å². The van der Waals surface area contributed by atoms with Crippen LogP contribution in [0.3, 0.4) is 0 Å². The Balaban J connectivity index is 0.00000204. The Morgan fingerprint density at radius 1 is 1.12 bits per heavy atom. The number of para-hydroxylation sites is 1. The Morgan fingerprint density at radius 3 is 2.62 bits per heavy atom. The first-order valence-corrected chi connectivity index (χ1v) is 10.8. The first-order chi connectivity index (χ1) is 15.3. The molecule has 6 nitrogen and oxygen atoms in total. The largest absolute Gasteiger partial charge is 0.416 e. The van der Waals surface area contributed by atoms with Crippen molar-refractivity contribution in [2.24, 2.45) is 0 Å². The van der Waals surface area contributed by atoms with Crippen LogP contribution in [0.4, 0.5) is 36.3 Å². The van der Waals surface area contributed by atoms with E-state index in [4.69, 9.17) is 5.73 Å². The molecule has 2 aromatic carbocycles. The molecule has 1 aliphatic rings. The van der Waals surface area contributed by atoms with Crippen molar-refractivity contribution in [2.75, 3.05) is 35.6 Å². The van der Waals surface area contributed by atoms with Crippen LogP contribution in [-0.4, -0.2) is 35.6 Å². The van der Waals surface area contributed by atoms with Crippen molar-refractivity contribution in [3.63, 3.8) is 0 Å². The Morgan fingerprint density at radius 2 is 1.88 bits per heavy atom. The van der Waals surface area contributed by atoms with Crippen LogP contribution >= 0.6 is 24.8 Å². The Hall–Kier alpha value is -2.49. The number of nitrogens with zero attached hydrogens (tertiary/aromatic N) is 3. The van der Waals surface area contributed by atoms with Crippen LogP contribution < -0.4 is 21.3 Å². The number of nitrogen functional groups attached to an aromatic ring is 1. The fourth-order valence-electron chi connectivity index (χ4n) is 3.98. The highest BCUT2D eigenvalue weighted by Gasteiger charge is 2.31. The summed E-state index contributed by atoms with van der Waals surface area (Å²) in [4.78, 5) is 11.4. The number of nitrogens with one attached hydrogen (secondary N) is 2. The fourth-order valence-corrected chi connectivity index (χ4v) is 3.98. The molecule has 0 unspecified atom stereocenters. The van der Waals surface area contributed by atoms with E-state index >= 15 is 0 Å². The summed E-state index contributed by atoms with van der Waals surface area (Å²) in [5.41, 5.74) is 5.82. The molecule has 0 radical (unpaired) electrons. The van der Waals surface area contributed by atoms with Gasteiger partial charge in [-0.15, -0.1) is 24.8 Å². The molecule has 0 amide bonds. The topological polar surface area (TPSA) is 79.1 Å². The average molecular weight is 517 g/mol. The number of alkyl halides is 3. The van der Waals surface area contributed by atoms with Gasteiger partial charge < -0.3 is 21.3 Å². The Bertz CT molecular complexity index is 1100. The van der Waals surface area contributed by atoms with Crippen LogP contribution in [0.25, 0.3) is 10.9 Å². The van der Waals surface area contributed by atoms with Crippen LogP contribution in [0.1, 0.15) is 31.7 Å². The van der Waals surface area contributed by atoms with Crippen LogP contribution in [0, 0.1) is 0 Å². The molecule has 4 rings (SSSR count). The molecule has 1 fully saturated rings. The van der Waals surface area contributed by atoms with Crippen LogP contribution in [0.15, 0.2) is 42.5 Å². The smallest absolute Gasteiger partial charge is 0.399 e. The van der Waals surface area contributed by atoms with Crippen molar-refractivity contribution < 1.29 is 13.2 Å². The third kappa shape index (κ3) is 6.55. The number of fused-ring (bicyclic) bond motifs is 1. The van der Waals surface area contributed by atoms with E-state index in [1.165, 1.54) is 6.07 Å². The number of unbranched alkanes of at least 4 members (excludes halogenated alkanes) is 1. The van der Waals surface area contributed by atoms with E-state index in [0.717, 1.165) is 67.8 Å². The minimum Gasteiger partial charge on any atom is -0.399 e. The van der Waals surface area contributed by atoms with Crippen molar-refractivity contribution in [1.82, 2.24) is 15.3 Å². The first kappa shape index (κ1) is 27.8. The lowest BCUT2D eigenvalue weighted by Crippen LogP contribution is -2.33. The van der Waals surface area contributed by atoms with E-state index in [9.17, 15) is 13.2 Å². The van der Waals surface area contributed by atoms with Crippen LogP contribution in [-0.2, 0) is 6.18 Å². The summed E-state index contributed by atoms with van der Waals surface area (Å²) in [6.45, 7) is 4.83. The predicted octanol–water partition coefficient (Wildman–Crippen LogP) is 5.79. The summed E-state index contributed by atoms with van der Waals surface area (Å²) >= 11 is 0. The van der Waals surface area contributed by atoms with Crippen molar-refractivity contribution in [2.45, 2.75) is 38.4 Å². The number of hydrogen-bond donors (Lipinski definition) is 3. The third-order valence-electron chi connectivity index (χ3n) is 5.57. The predicted molar refractivity (Wildman–Crippen MR) is 137 cm³/mol. The number of rotatable bonds is 7. The molecule has 1 aliphatic heterocycles. The minimum absolute atomic E-state index is 0. The zero-order valence-electron chi connectivity index (χ0n) is 18.7. The number of benzene rings is 2. The lowest BCUT2D eigenvalue weighted by molar-refractivity contribution is -0.137. The van der Waals surface area contributed by atoms with Gasteiger partial charge in [0.1, 0.15) is 5.82 Å². The van der Waals surface area contributed by atoms with E-state index in [2.05, 4.69) is 32.4 Å². The third-order valence-corrected chi connectivity index (χ3v) is 5.57. The fraction of sp³-hybridized carbons (Fsp3) is 0.391. The van der Waals surface area contributed by atoms with Gasteiger partial charge in [-0.1, -0.05) is 25.5 Å². The highest BCUT2D eigenvalue weighted by atomic mass is 35.5. The van der Waals surface area contributed by atoms with E-state index in [1.54, 1.807) is 0 Å². The SMILES string of the molecule is CCCCN[C@H]1CCN(c2nc(Nc3cc(N)cc(C(F)(F)F)c3)nc3ccccc23)C1.Cl.Cl. The molecule has 186 valence electrons. The van der Waals surface area contributed by atoms with Gasteiger partial charge in [-0.25, -0.2) is 4.98 Å². The van der Waals surface area contributed by atoms with Gasteiger partial charge in [0, 0.05) is 35.9 Å². The molecular weight excluding hydrogens is 488 g/mol. The summed E-state index contributed by atoms with van der Waals surface area (Å²) in [5.74, 6) is 1.01. The van der Waals surface area contributed by atoms with Gasteiger partial charge in [-0.3, -0.25) is 0 Å². The van der Waals surface area contributed by atoms with Gasteiger partial charge in [-0.2, -0.15) is 18.2 Å². The first-order valence-electron chi connectivity index (χ1n) is 10.8. The Kier molecular flexibility index (Phi) is 9.61. The molecule has 2 heterocycles. The molecule has 1 aromatic heterocycles. The second kappa shape index (κ2) is 11.8.